The zero-order valence-corrected chi connectivity index (χ0v) is 9.90. The Morgan fingerprint density at radius 3 is 2.00 bits per heavy atom. The van der Waals surface area contributed by atoms with Gasteiger partial charge in [-0.2, -0.15) is 0 Å². The lowest BCUT2D eigenvalue weighted by molar-refractivity contribution is 0.113. The van der Waals surface area contributed by atoms with E-state index < -0.39 is 6.10 Å². The van der Waals surface area contributed by atoms with E-state index in [1.54, 1.807) is 20.3 Å². The first-order valence-corrected chi connectivity index (χ1v) is 4.99. The molecule has 1 rings (SSSR count). The van der Waals surface area contributed by atoms with Gasteiger partial charge < -0.3 is 14.2 Å². The van der Waals surface area contributed by atoms with Gasteiger partial charge in [0.15, 0.2) is 6.10 Å². The van der Waals surface area contributed by atoms with E-state index >= 15 is 0 Å². The van der Waals surface area contributed by atoms with Gasteiger partial charge in [-0.25, -0.2) is 0 Å². The van der Waals surface area contributed by atoms with Gasteiger partial charge in [0, 0.05) is 6.07 Å². The largest absolute Gasteiger partial charge is 0.497 e. The zero-order chi connectivity index (χ0) is 12.7. The summed E-state index contributed by atoms with van der Waals surface area (Å²) in [6.45, 7) is 0.312. The van der Waals surface area contributed by atoms with Crippen molar-refractivity contribution in [2.24, 2.45) is 0 Å². The van der Waals surface area contributed by atoms with Crippen LogP contribution in [0.3, 0.4) is 0 Å². The summed E-state index contributed by atoms with van der Waals surface area (Å²) in [7, 11) is 3.18. The molecule has 0 N–H and O–H groups in total. The summed E-state index contributed by atoms with van der Waals surface area (Å²) in [6.07, 6.45) is 9.77. The molecule has 0 aromatic heterocycles. The zero-order valence-electron chi connectivity index (χ0n) is 9.90. The van der Waals surface area contributed by atoms with Gasteiger partial charge in [-0.1, -0.05) is 11.8 Å². The summed E-state index contributed by atoms with van der Waals surface area (Å²) in [5.74, 6) is 6.11. The maximum absolute atomic E-state index is 5.34. The van der Waals surface area contributed by atoms with Crippen molar-refractivity contribution in [3.8, 4) is 36.2 Å². The summed E-state index contributed by atoms with van der Waals surface area (Å²) in [4.78, 5) is 0. The highest BCUT2D eigenvalue weighted by Crippen LogP contribution is 2.23. The quantitative estimate of drug-likeness (QED) is 0.722. The molecular weight excluding hydrogens is 216 g/mol. The summed E-state index contributed by atoms with van der Waals surface area (Å²) in [5, 5.41) is 0. The molecule has 17 heavy (non-hydrogen) atoms. The standard InChI is InChI=1S/C14H14O3/c1-5-12(6-2)17-10-11-7-13(15-3)9-14(8-11)16-4/h1-2,7-9,12H,10H2,3-4H3. The van der Waals surface area contributed by atoms with E-state index in [0.29, 0.717) is 18.1 Å². The van der Waals surface area contributed by atoms with Crippen molar-refractivity contribution in [3.05, 3.63) is 23.8 Å². The number of hydrogen-bond donors (Lipinski definition) is 0. The highest BCUT2D eigenvalue weighted by Gasteiger charge is 2.04. The fraction of sp³-hybridized carbons (Fsp3) is 0.286. The fourth-order valence-electron chi connectivity index (χ4n) is 1.27. The lowest BCUT2D eigenvalue weighted by Crippen LogP contribution is -2.07. The van der Waals surface area contributed by atoms with Crippen LogP contribution in [0.2, 0.25) is 0 Å². The van der Waals surface area contributed by atoms with Crippen molar-refractivity contribution >= 4 is 0 Å². The average molecular weight is 230 g/mol. The molecule has 0 spiro atoms. The molecule has 0 fully saturated rings. The highest BCUT2D eigenvalue weighted by atomic mass is 16.5. The van der Waals surface area contributed by atoms with Crippen molar-refractivity contribution in [2.75, 3.05) is 14.2 Å². The van der Waals surface area contributed by atoms with Gasteiger partial charge in [-0.05, 0) is 17.7 Å². The fourth-order valence-corrected chi connectivity index (χ4v) is 1.27. The van der Waals surface area contributed by atoms with Crippen LogP contribution in [0.1, 0.15) is 5.56 Å². The van der Waals surface area contributed by atoms with E-state index in [4.69, 9.17) is 27.1 Å². The van der Waals surface area contributed by atoms with Crippen LogP contribution in [0.5, 0.6) is 11.5 Å². The third kappa shape index (κ3) is 3.75. The molecule has 88 valence electrons. The van der Waals surface area contributed by atoms with Crippen molar-refractivity contribution < 1.29 is 14.2 Å². The first-order chi connectivity index (χ1) is 8.23. The second-order valence-corrected chi connectivity index (χ2v) is 3.25. The van der Waals surface area contributed by atoms with Gasteiger partial charge in [-0.15, -0.1) is 12.8 Å². The average Bonchev–Trinajstić information content (AvgIpc) is 2.39. The third-order valence-corrected chi connectivity index (χ3v) is 2.13. The molecule has 0 aliphatic heterocycles. The molecule has 3 heteroatoms. The second-order valence-electron chi connectivity index (χ2n) is 3.25. The van der Waals surface area contributed by atoms with E-state index in [-0.39, 0.29) is 0 Å². The monoisotopic (exact) mass is 230 g/mol. The Morgan fingerprint density at radius 1 is 1.06 bits per heavy atom. The second kappa shape index (κ2) is 6.48. The smallest absolute Gasteiger partial charge is 0.179 e. The van der Waals surface area contributed by atoms with Gasteiger partial charge >= 0.3 is 0 Å². The molecule has 0 saturated heterocycles. The van der Waals surface area contributed by atoms with E-state index in [1.165, 1.54) is 0 Å². The van der Waals surface area contributed by atoms with Crippen molar-refractivity contribution in [1.29, 1.82) is 0 Å². The van der Waals surface area contributed by atoms with E-state index in [2.05, 4.69) is 11.8 Å². The predicted octanol–water partition coefficient (Wildman–Crippen LogP) is 1.86. The van der Waals surface area contributed by atoms with Crippen LogP contribution >= 0.6 is 0 Å². The molecule has 1 aromatic rings. The molecule has 0 heterocycles. The first kappa shape index (κ1) is 13.0. The van der Waals surface area contributed by atoms with Gasteiger partial charge in [0.1, 0.15) is 11.5 Å². The Bertz CT molecular complexity index is 415. The van der Waals surface area contributed by atoms with Gasteiger partial charge in [0.05, 0.1) is 20.8 Å². The lowest BCUT2D eigenvalue weighted by atomic mass is 10.2. The predicted molar refractivity (Wildman–Crippen MR) is 65.8 cm³/mol. The molecule has 1 aromatic carbocycles. The molecule has 0 saturated carbocycles. The molecule has 0 radical (unpaired) electrons. The number of rotatable bonds is 5. The van der Waals surface area contributed by atoms with Gasteiger partial charge in [0.25, 0.3) is 0 Å². The molecule has 3 nitrogen and oxygen atoms in total. The van der Waals surface area contributed by atoms with Crippen LogP contribution < -0.4 is 9.47 Å². The summed E-state index contributed by atoms with van der Waals surface area (Å²) in [6, 6.07) is 5.46. The van der Waals surface area contributed by atoms with Gasteiger partial charge in [0.2, 0.25) is 0 Å². The topological polar surface area (TPSA) is 27.7 Å². The number of benzene rings is 1. The maximum atomic E-state index is 5.34. The van der Waals surface area contributed by atoms with Crippen LogP contribution in [-0.4, -0.2) is 20.3 Å². The summed E-state index contributed by atoms with van der Waals surface area (Å²) in [5.41, 5.74) is 0.886. The molecule has 0 atom stereocenters. The molecule has 0 bridgehead atoms. The Balaban J connectivity index is 2.78. The van der Waals surface area contributed by atoms with Crippen LogP contribution in [-0.2, 0) is 11.3 Å². The summed E-state index contributed by atoms with van der Waals surface area (Å²) < 4.78 is 15.6. The minimum absolute atomic E-state index is 0.312. The normalized spacial score (nSPS) is 9.47. The number of terminal acetylenes is 2. The minimum atomic E-state index is -0.618. The van der Waals surface area contributed by atoms with Crippen molar-refractivity contribution in [2.45, 2.75) is 12.7 Å². The highest BCUT2D eigenvalue weighted by molar-refractivity contribution is 5.38. The Hall–Kier alpha value is -2.10. The summed E-state index contributed by atoms with van der Waals surface area (Å²) >= 11 is 0. The minimum Gasteiger partial charge on any atom is -0.497 e. The van der Waals surface area contributed by atoms with Crippen LogP contribution in [0.15, 0.2) is 18.2 Å². The molecule has 0 amide bonds. The van der Waals surface area contributed by atoms with E-state index in [0.717, 1.165) is 5.56 Å². The van der Waals surface area contributed by atoms with Crippen molar-refractivity contribution in [1.82, 2.24) is 0 Å². The number of hydrogen-bond acceptors (Lipinski definition) is 3. The van der Waals surface area contributed by atoms with Crippen molar-refractivity contribution in [3.63, 3.8) is 0 Å². The Kier molecular flexibility index (Phi) is 4.94. The molecule has 0 aliphatic carbocycles. The van der Waals surface area contributed by atoms with Crippen LogP contribution in [0.4, 0.5) is 0 Å². The maximum Gasteiger partial charge on any atom is 0.179 e. The van der Waals surface area contributed by atoms with Crippen LogP contribution in [0.25, 0.3) is 0 Å². The number of ether oxygens (including phenoxy) is 3. The SMILES string of the molecule is C#CC(C#C)OCc1cc(OC)cc(OC)c1. The number of methoxy groups -OCH3 is 2. The lowest BCUT2D eigenvalue weighted by Gasteiger charge is -2.10. The van der Waals surface area contributed by atoms with Crippen LogP contribution in [0, 0.1) is 24.7 Å². The molecule has 0 aliphatic rings. The Labute approximate surface area is 102 Å². The van der Waals surface area contributed by atoms with Gasteiger partial charge in [-0.3, -0.25) is 0 Å². The Morgan fingerprint density at radius 2 is 1.59 bits per heavy atom. The van der Waals surface area contributed by atoms with E-state index in [1.807, 2.05) is 12.1 Å². The molecular formula is C14H14O3. The first-order valence-electron chi connectivity index (χ1n) is 4.99. The third-order valence-electron chi connectivity index (χ3n) is 2.13. The molecule has 0 unspecified atom stereocenters. The van der Waals surface area contributed by atoms with E-state index in [9.17, 15) is 0 Å².